The van der Waals surface area contributed by atoms with Crippen LogP contribution in [0.3, 0.4) is 0 Å². The van der Waals surface area contributed by atoms with Crippen molar-refractivity contribution in [3.63, 3.8) is 0 Å². The van der Waals surface area contributed by atoms with Gasteiger partial charge in [-0.2, -0.15) is 0 Å². The molecule has 28 heavy (non-hydrogen) atoms. The van der Waals surface area contributed by atoms with Crippen LogP contribution >= 0.6 is 22.9 Å². The molecule has 3 heterocycles. The molecular weight excluding hydrogens is 388 g/mol. The number of carbonyl (C=O) groups excluding carboxylic acids is 1. The van der Waals surface area contributed by atoms with Gasteiger partial charge in [-0.25, -0.2) is 0 Å². The molecule has 0 N–H and O–H groups in total. The maximum atomic E-state index is 12.7. The molecule has 2 fully saturated rings. The van der Waals surface area contributed by atoms with Gasteiger partial charge in [-0.15, -0.1) is 11.3 Å². The van der Waals surface area contributed by atoms with Gasteiger partial charge >= 0.3 is 0 Å². The van der Waals surface area contributed by atoms with Crippen LogP contribution in [0.1, 0.15) is 29.7 Å². The number of likely N-dealkylation sites (tertiary alicyclic amines) is 2. The van der Waals surface area contributed by atoms with Crippen LogP contribution in [0.4, 0.5) is 0 Å². The average Bonchev–Trinajstić information content (AvgIpc) is 3.21. The van der Waals surface area contributed by atoms with E-state index in [9.17, 15) is 4.79 Å². The summed E-state index contributed by atoms with van der Waals surface area (Å²) in [6.07, 6.45) is 6.07. The number of benzene rings is 1. The molecule has 1 aromatic carbocycles. The smallest absolute Gasteiger partial charge is 0.227 e. The highest BCUT2D eigenvalue weighted by Gasteiger charge is 2.37. The monoisotopic (exact) mass is 414 g/mol. The highest BCUT2D eigenvalue weighted by Crippen LogP contribution is 2.32. The first-order valence-electron chi connectivity index (χ1n) is 10.1. The van der Waals surface area contributed by atoms with Crippen LogP contribution in [0.25, 0.3) is 6.08 Å². The Balaban J connectivity index is 1.36. The summed E-state index contributed by atoms with van der Waals surface area (Å²) in [5, 5.41) is 2.93. The molecule has 2 aromatic rings. The third-order valence-corrected chi connectivity index (χ3v) is 7.02. The van der Waals surface area contributed by atoms with Crippen molar-refractivity contribution in [3.8, 4) is 0 Å². The number of rotatable bonds is 5. The van der Waals surface area contributed by atoms with Gasteiger partial charge in [-0.05, 0) is 54.8 Å². The van der Waals surface area contributed by atoms with Crippen molar-refractivity contribution in [3.05, 3.63) is 63.3 Å². The van der Waals surface area contributed by atoms with Crippen LogP contribution in [0, 0.1) is 5.92 Å². The second-order valence-electron chi connectivity index (χ2n) is 7.83. The van der Waals surface area contributed by atoms with E-state index in [4.69, 9.17) is 11.6 Å². The summed E-state index contributed by atoms with van der Waals surface area (Å²) >= 11 is 8.26. The molecule has 1 aromatic heterocycles. The molecule has 0 aliphatic carbocycles. The van der Waals surface area contributed by atoms with Gasteiger partial charge in [-0.3, -0.25) is 9.69 Å². The van der Waals surface area contributed by atoms with Crippen molar-refractivity contribution in [2.45, 2.75) is 31.7 Å². The Labute approximate surface area is 176 Å². The minimum absolute atomic E-state index is 0.278. The predicted molar refractivity (Wildman–Crippen MR) is 118 cm³/mol. The summed E-state index contributed by atoms with van der Waals surface area (Å²) in [5.41, 5.74) is 1.15. The van der Waals surface area contributed by atoms with Crippen molar-refractivity contribution in [2.75, 3.05) is 26.2 Å². The van der Waals surface area contributed by atoms with Crippen LogP contribution in [0.5, 0.6) is 0 Å². The molecule has 4 rings (SSSR count). The van der Waals surface area contributed by atoms with E-state index in [1.807, 2.05) is 29.6 Å². The van der Waals surface area contributed by atoms with Crippen molar-refractivity contribution >= 4 is 34.9 Å². The van der Waals surface area contributed by atoms with Crippen LogP contribution in [-0.2, 0) is 11.2 Å². The number of fused-ring (bicyclic) bond motifs is 1. The Bertz CT molecular complexity index is 805. The summed E-state index contributed by atoms with van der Waals surface area (Å²) in [5.74, 6) is 0.844. The molecule has 2 saturated heterocycles. The van der Waals surface area contributed by atoms with Gasteiger partial charge in [0.2, 0.25) is 5.91 Å². The Kier molecular flexibility index (Phi) is 6.50. The normalized spacial score (nSPS) is 23.5. The van der Waals surface area contributed by atoms with E-state index < -0.39 is 0 Å². The van der Waals surface area contributed by atoms with Crippen molar-refractivity contribution in [2.24, 2.45) is 5.92 Å². The van der Waals surface area contributed by atoms with Crippen LogP contribution < -0.4 is 0 Å². The highest BCUT2D eigenvalue weighted by molar-refractivity contribution is 7.10. The Hall–Kier alpha value is -1.62. The number of nitrogens with zero attached hydrogens (tertiary/aromatic N) is 2. The number of carbonyl (C=O) groups is 1. The van der Waals surface area contributed by atoms with Gasteiger partial charge in [0, 0.05) is 35.6 Å². The minimum atomic E-state index is 0.278. The predicted octanol–water partition coefficient (Wildman–Crippen LogP) is 4.88. The summed E-state index contributed by atoms with van der Waals surface area (Å²) in [6.45, 7) is 3.66. The van der Waals surface area contributed by atoms with Gasteiger partial charge < -0.3 is 4.90 Å². The molecule has 0 radical (unpaired) electrons. The molecule has 2 aliphatic rings. The maximum Gasteiger partial charge on any atom is 0.227 e. The standard InChI is InChI=1S/C23H27ClN2OS/c24-20(14-18-6-2-1-3-7-18)17-25-11-4-8-19-16-26(12-10-22(19)25)23(27)15-21-9-5-13-28-21/h1-3,5-7,9,13-14,19,22H,4,8,10-12,15-17H2/b20-14-/t19-,22+/m1/s1. The molecule has 5 heteroatoms. The Morgan fingerprint density at radius 1 is 1.14 bits per heavy atom. The molecule has 2 atom stereocenters. The number of hydrogen-bond donors (Lipinski definition) is 0. The number of amides is 1. The third kappa shape index (κ3) is 4.86. The van der Waals surface area contributed by atoms with Gasteiger partial charge in [0.25, 0.3) is 0 Å². The van der Waals surface area contributed by atoms with E-state index in [1.54, 1.807) is 11.3 Å². The zero-order valence-electron chi connectivity index (χ0n) is 16.1. The fourth-order valence-electron chi connectivity index (χ4n) is 4.57. The average molecular weight is 415 g/mol. The lowest BCUT2D eigenvalue weighted by molar-refractivity contribution is -0.134. The van der Waals surface area contributed by atoms with Crippen molar-refractivity contribution < 1.29 is 4.79 Å². The van der Waals surface area contributed by atoms with Crippen LogP contribution in [-0.4, -0.2) is 47.9 Å². The first-order valence-corrected chi connectivity index (χ1v) is 11.4. The molecule has 0 spiro atoms. The second kappa shape index (κ2) is 9.25. The minimum Gasteiger partial charge on any atom is -0.342 e. The van der Waals surface area contributed by atoms with E-state index in [0.29, 0.717) is 18.4 Å². The van der Waals surface area contributed by atoms with Crippen LogP contribution in [0.15, 0.2) is 52.9 Å². The number of hydrogen-bond acceptors (Lipinski definition) is 3. The van der Waals surface area contributed by atoms with E-state index in [-0.39, 0.29) is 5.91 Å². The van der Waals surface area contributed by atoms with Gasteiger partial charge in [0.15, 0.2) is 0 Å². The van der Waals surface area contributed by atoms with Crippen LogP contribution in [0.2, 0.25) is 0 Å². The van der Waals surface area contributed by atoms with Gasteiger partial charge in [-0.1, -0.05) is 48.0 Å². The SMILES string of the molecule is O=C(Cc1cccs1)N1CC[C@H]2[C@H](CCCN2C/C(Cl)=C/c2ccccc2)C1. The maximum absolute atomic E-state index is 12.7. The van der Waals surface area contributed by atoms with E-state index in [2.05, 4.69) is 34.1 Å². The van der Waals surface area contributed by atoms with Crippen molar-refractivity contribution in [1.82, 2.24) is 9.80 Å². The van der Waals surface area contributed by atoms with E-state index >= 15 is 0 Å². The Morgan fingerprint density at radius 2 is 2.00 bits per heavy atom. The largest absolute Gasteiger partial charge is 0.342 e. The van der Waals surface area contributed by atoms with Gasteiger partial charge in [0.1, 0.15) is 0 Å². The van der Waals surface area contributed by atoms with Crippen molar-refractivity contribution in [1.29, 1.82) is 0 Å². The number of thiophene rings is 1. The highest BCUT2D eigenvalue weighted by atomic mass is 35.5. The summed E-state index contributed by atoms with van der Waals surface area (Å²) in [7, 11) is 0. The lowest BCUT2D eigenvalue weighted by Crippen LogP contribution is -2.55. The molecule has 148 valence electrons. The fraction of sp³-hybridized carbons (Fsp3) is 0.435. The third-order valence-electron chi connectivity index (χ3n) is 5.92. The molecule has 0 unspecified atom stereocenters. The van der Waals surface area contributed by atoms with E-state index in [1.165, 1.54) is 12.8 Å². The molecular formula is C23H27ClN2OS. The van der Waals surface area contributed by atoms with Gasteiger partial charge in [0.05, 0.1) is 6.42 Å². The Morgan fingerprint density at radius 3 is 2.79 bits per heavy atom. The lowest BCUT2D eigenvalue weighted by Gasteiger charge is -2.47. The molecule has 0 saturated carbocycles. The lowest BCUT2D eigenvalue weighted by atomic mass is 9.83. The number of halogens is 1. The zero-order chi connectivity index (χ0) is 19.3. The molecule has 0 bridgehead atoms. The second-order valence-corrected chi connectivity index (χ2v) is 9.34. The summed E-state index contributed by atoms with van der Waals surface area (Å²) < 4.78 is 0. The summed E-state index contributed by atoms with van der Waals surface area (Å²) in [4.78, 5) is 18.5. The summed E-state index contributed by atoms with van der Waals surface area (Å²) in [6, 6.07) is 14.9. The fourth-order valence-corrected chi connectivity index (χ4v) is 5.55. The molecule has 1 amide bonds. The first-order chi connectivity index (χ1) is 13.7. The first kappa shape index (κ1) is 19.7. The molecule has 3 nitrogen and oxygen atoms in total. The zero-order valence-corrected chi connectivity index (χ0v) is 17.7. The quantitative estimate of drug-likeness (QED) is 0.695. The van der Waals surface area contributed by atoms with E-state index in [0.717, 1.165) is 48.1 Å². The number of piperidine rings is 2. The topological polar surface area (TPSA) is 23.6 Å². The molecule has 2 aliphatic heterocycles.